The van der Waals surface area contributed by atoms with Crippen LogP contribution in [0.15, 0.2) is 54.6 Å². The topological polar surface area (TPSA) is 64.4 Å². The quantitative estimate of drug-likeness (QED) is 0.796. The number of carbonyl (C=O) groups is 1. The molecule has 128 valence electrons. The summed E-state index contributed by atoms with van der Waals surface area (Å²) in [6.07, 6.45) is -4.28. The summed E-state index contributed by atoms with van der Waals surface area (Å²) < 4.78 is 37.5. The number of nitrogens with one attached hydrogen (secondary N) is 1. The minimum Gasteiger partial charge on any atom is -0.320 e. The van der Waals surface area contributed by atoms with Gasteiger partial charge in [0, 0.05) is 0 Å². The van der Waals surface area contributed by atoms with E-state index in [1.807, 2.05) is 30.3 Å². The van der Waals surface area contributed by atoms with Crippen molar-refractivity contribution in [1.29, 1.82) is 0 Å². The van der Waals surface area contributed by atoms with Crippen LogP contribution in [0.4, 0.5) is 13.2 Å². The molecule has 4 nitrogen and oxygen atoms in total. The summed E-state index contributed by atoms with van der Waals surface area (Å²) in [7, 11) is 0. The fourth-order valence-electron chi connectivity index (χ4n) is 2.02. The Balaban J connectivity index is 1.81. The van der Waals surface area contributed by atoms with Gasteiger partial charge >= 0.3 is 6.18 Å². The lowest BCUT2D eigenvalue weighted by atomic mass is 10.0. The molecule has 3 N–H and O–H groups in total. The lowest BCUT2D eigenvalue weighted by Crippen LogP contribution is -2.41. The van der Waals surface area contributed by atoms with E-state index in [-0.39, 0.29) is 13.0 Å². The summed E-state index contributed by atoms with van der Waals surface area (Å²) in [4.78, 5) is 16.9. The van der Waals surface area contributed by atoms with Crippen molar-refractivity contribution in [2.45, 2.75) is 25.2 Å². The van der Waals surface area contributed by atoms with E-state index >= 15 is 0 Å². The van der Waals surface area contributed by atoms with Crippen LogP contribution in [-0.4, -0.2) is 11.9 Å². The van der Waals surface area contributed by atoms with Crippen LogP contribution in [0.1, 0.15) is 16.7 Å². The number of amides is 1. The van der Waals surface area contributed by atoms with Crippen molar-refractivity contribution in [2.75, 3.05) is 0 Å². The molecule has 0 aliphatic heterocycles. The molecular weight excluding hydrogens is 321 g/mol. The molecular formula is C17H17F3N2O2. The first-order chi connectivity index (χ1) is 11.4. The Morgan fingerprint density at radius 3 is 2.25 bits per heavy atom. The summed E-state index contributed by atoms with van der Waals surface area (Å²) in [6.45, 7) is 0.194. The zero-order valence-corrected chi connectivity index (χ0v) is 12.7. The second-order valence-electron chi connectivity index (χ2n) is 5.25. The number of benzene rings is 2. The third kappa shape index (κ3) is 5.36. The molecule has 7 heteroatoms. The molecule has 1 amide bonds. The molecule has 0 bridgehead atoms. The molecule has 24 heavy (non-hydrogen) atoms. The third-order valence-electron chi connectivity index (χ3n) is 3.33. The normalized spacial score (nSPS) is 12.7. The number of hydrogen-bond acceptors (Lipinski definition) is 3. The molecule has 0 heterocycles. The summed E-state index contributed by atoms with van der Waals surface area (Å²) in [6, 6.07) is 12.9. The minimum atomic E-state index is -4.39. The molecule has 0 unspecified atom stereocenters. The van der Waals surface area contributed by atoms with Crippen LogP contribution < -0.4 is 11.2 Å². The average molecular weight is 338 g/mol. The van der Waals surface area contributed by atoms with Gasteiger partial charge in [-0.2, -0.15) is 13.2 Å². The first kappa shape index (κ1) is 18.0. The monoisotopic (exact) mass is 338 g/mol. The van der Waals surface area contributed by atoms with Crippen LogP contribution in [-0.2, 0) is 28.8 Å². The van der Waals surface area contributed by atoms with Crippen LogP contribution in [0.5, 0.6) is 0 Å². The Labute approximate surface area is 137 Å². The molecule has 1 atom stereocenters. The molecule has 0 aromatic heterocycles. The lowest BCUT2D eigenvalue weighted by molar-refractivity contribution is -0.138. The van der Waals surface area contributed by atoms with Crippen molar-refractivity contribution >= 4 is 5.91 Å². The predicted molar refractivity (Wildman–Crippen MR) is 82.5 cm³/mol. The van der Waals surface area contributed by atoms with Gasteiger partial charge in [-0.3, -0.25) is 9.63 Å². The molecule has 2 rings (SSSR count). The van der Waals surface area contributed by atoms with Gasteiger partial charge < -0.3 is 5.73 Å². The van der Waals surface area contributed by atoms with Gasteiger partial charge in [-0.25, -0.2) is 5.48 Å². The Morgan fingerprint density at radius 2 is 1.67 bits per heavy atom. The molecule has 0 aliphatic rings. The summed E-state index contributed by atoms with van der Waals surface area (Å²) in [5.74, 6) is -0.536. The SMILES string of the molecule is N[C@@H](Cc1ccc(C(F)(F)F)cc1)C(=O)NOCc1ccccc1. The second-order valence-corrected chi connectivity index (χ2v) is 5.25. The highest BCUT2D eigenvalue weighted by atomic mass is 19.4. The van der Waals surface area contributed by atoms with E-state index < -0.39 is 23.7 Å². The largest absolute Gasteiger partial charge is 0.416 e. The maximum Gasteiger partial charge on any atom is 0.416 e. The van der Waals surface area contributed by atoms with Gasteiger partial charge in [0.15, 0.2) is 0 Å². The number of halogens is 3. The second kappa shape index (κ2) is 7.94. The van der Waals surface area contributed by atoms with Gasteiger partial charge in [0.25, 0.3) is 5.91 Å². The predicted octanol–water partition coefficient (Wildman–Crippen LogP) is 2.82. The van der Waals surface area contributed by atoms with Gasteiger partial charge in [-0.05, 0) is 29.7 Å². The lowest BCUT2D eigenvalue weighted by Gasteiger charge is -2.13. The van der Waals surface area contributed by atoms with E-state index in [1.54, 1.807) is 0 Å². The molecule has 2 aromatic carbocycles. The van der Waals surface area contributed by atoms with Gasteiger partial charge in [-0.15, -0.1) is 0 Å². The molecule has 2 aromatic rings. The smallest absolute Gasteiger partial charge is 0.320 e. The number of hydrogen-bond donors (Lipinski definition) is 2. The molecule has 0 fully saturated rings. The molecule has 0 spiro atoms. The fourth-order valence-corrected chi connectivity index (χ4v) is 2.02. The third-order valence-corrected chi connectivity index (χ3v) is 3.33. The standard InChI is InChI=1S/C17H17F3N2O2/c18-17(19,20)14-8-6-12(7-9-14)10-15(21)16(23)22-24-11-13-4-2-1-3-5-13/h1-9,15H,10-11,21H2,(H,22,23)/t15-/m0/s1. The Hall–Kier alpha value is -2.38. The fraction of sp³-hybridized carbons (Fsp3) is 0.235. The van der Waals surface area contributed by atoms with Crippen molar-refractivity contribution < 1.29 is 22.8 Å². The van der Waals surface area contributed by atoms with E-state index in [4.69, 9.17) is 10.6 Å². The van der Waals surface area contributed by atoms with E-state index in [0.717, 1.165) is 17.7 Å². The van der Waals surface area contributed by atoms with Gasteiger partial charge in [0.2, 0.25) is 0 Å². The summed E-state index contributed by atoms with van der Waals surface area (Å²) in [5, 5.41) is 0. The number of nitrogens with two attached hydrogens (primary N) is 1. The highest BCUT2D eigenvalue weighted by molar-refractivity contribution is 5.80. The number of carbonyl (C=O) groups excluding carboxylic acids is 1. The molecule has 0 saturated carbocycles. The molecule has 0 saturated heterocycles. The van der Waals surface area contributed by atoms with E-state index in [1.165, 1.54) is 12.1 Å². The van der Waals surface area contributed by atoms with Gasteiger partial charge in [-0.1, -0.05) is 42.5 Å². The van der Waals surface area contributed by atoms with Crippen LogP contribution >= 0.6 is 0 Å². The van der Waals surface area contributed by atoms with Crippen LogP contribution in [0.25, 0.3) is 0 Å². The van der Waals surface area contributed by atoms with Gasteiger partial charge in [0.05, 0.1) is 18.2 Å². The van der Waals surface area contributed by atoms with Crippen LogP contribution in [0, 0.1) is 0 Å². The van der Waals surface area contributed by atoms with E-state index in [9.17, 15) is 18.0 Å². The number of rotatable bonds is 6. The zero-order chi connectivity index (χ0) is 17.6. The highest BCUT2D eigenvalue weighted by Gasteiger charge is 2.30. The Kier molecular flexibility index (Phi) is 5.94. The van der Waals surface area contributed by atoms with Crippen molar-refractivity contribution in [3.63, 3.8) is 0 Å². The number of hydroxylamine groups is 1. The first-order valence-electron chi connectivity index (χ1n) is 7.23. The van der Waals surface area contributed by atoms with E-state index in [0.29, 0.717) is 5.56 Å². The molecule has 0 radical (unpaired) electrons. The van der Waals surface area contributed by atoms with Crippen molar-refractivity contribution in [1.82, 2.24) is 5.48 Å². The Bertz CT molecular complexity index is 658. The Morgan fingerprint density at radius 1 is 1.04 bits per heavy atom. The van der Waals surface area contributed by atoms with Crippen molar-refractivity contribution in [3.05, 3.63) is 71.3 Å². The zero-order valence-electron chi connectivity index (χ0n) is 12.7. The summed E-state index contributed by atoms with van der Waals surface area (Å²) in [5.41, 5.74) is 8.66. The minimum absolute atomic E-state index is 0.110. The van der Waals surface area contributed by atoms with Gasteiger partial charge in [0.1, 0.15) is 0 Å². The average Bonchev–Trinajstić information content (AvgIpc) is 2.55. The number of alkyl halides is 3. The van der Waals surface area contributed by atoms with Crippen molar-refractivity contribution in [3.8, 4) is 0 Å². The summed E-state index contributed by atoms with van der Waals surface area (Å²) >= 11 is 0. The van der Waals surface area contributed by atoms with Crippen LogP contribution in [0.2, 0.25) is 0 Å². The van der Waals surface area contributed by atoms with E-state index in [2.05, 4.69) is 5.48 Å². The van der Waals surface area contributed by atoms with Crippen LogP contribution in [0.3, 0.4) is 0 Å². The maximum absolute atomic E-state index is 12.5. The highest BCUT2D eigenvalue weighted by Crippen LogP contribution is 2.29. The van der Waals surface area contributed by atoms with Crippen molar-refractivity contribution in [2.24, 2.45) is 5.73 Å². The maximum atomic E-state index is 12.5. The molecule has 0 aliphatic carbocycles. The first-order valence-corrected chi connectivity index (χ1v) is 7.23.